The third kappa shape index (κ3) is 4.69. The summed E-state index contributed by atoms with van der Waals surface area (Å²) in [6.45, 7) is 0. The molecule has 1 atom stereocenters. The number of imidazole rings is 1. The van der Waals surface area contributed by atoms with E-state index in [4.69, 9.17) is 9.72 Å². The molecule has 0 spiro atoms. The second kappa shape index (κ2) is 10.1. The number of carbonyl (C=O) groups excluding carboxylic acids is 1. The predicted octanol–water partition coefficient (Wildman–Crippen LogP) is 5.94. The number of benzene rings is 3. The number of fused-ring (bicyclic) bond motifs is 1. The Kier molecular flexibility index (Phi) is 6.61. The minimum absolute atomic E-state index is 0.0788. The molecule has 5 heteroatoms. The van der Waals surface area contributed by atoms with E-state index < -0.39 is 0 Å². The highest BCUT2D eigenvalue weighted by Gasteiger charge is 2.28. The number of ether oxygens (including phenoxy) is 1. The zero-order valence-electron chi connectivity index (χ0n) is 19.6. The van der Waals surface area contributed by atoms with Gasteiger partial charge in [0.25, 0.3) is 0 Å². The van der Waals surface area contributed by atoms with Gasteiger partial charge >= 0.3 is 0 Å². The summed E-state index contributed by atoms with van der Waals surface area (Å²) in [5.41, 5.74) is 4.03. The fraction of sp³-hybridized carbons (Fsp3) is 0.310. The van der Waals surface area contributed by atoms with E-state index in [9.17, 15) is 4.79 Å². The summed E-state index contributed by atoms with van der Waals surface area (Å²) >= 11 is 0. The number of amides is 1. The molecule has 1 aromatic heterocycles. The summed E-state index contributed by atoms with van der Waals surface area (Å²) in [5.74, 6) is 1.64. The minimum Gasteiger partial charge on any atom is -0.497 e. The van der Waals surface area contributed by atoms with Crippen LogP contribution < -0.4 is 10.1 Å². The molecule has 5 rings (SSSR count). The molecule has 0 saturated heterocycles. The minimum atomic E-state index is -0.366. The van der Waals surface area contributed by atoms with Gasteiger partial charge in [-0.1, -0.05) is 67.4 Å². The number of aryl methyl sites for hydroxylation is 1. The van der Waals surface area contributed by atoms with Gasteiger partial charge in [-0.2, -0.15) is 0 Å². The van der Waals surface area contributed by atoms with Crippen molar-refractivity contribution in [2.45, 2.75) is 50.6 Å². The van der Waals surface area contributed by atoms with Crippen molar-refractivity contribution >= 4 is 16.9 Å². The van der Waals surface area contributed by atoms with Gasteiger partial charge in [-0.15, -0.1) is 0 Å². The summed E-state index contributed by atoms with van der Waals surface area (Å²) in [5, 5.41) is 3.36. The highest BCUT2D eigenvalue weighted by Crippen LogP contribution is 2.33. The molecule has 4 aromatic rings. The number of para-hydroxylation sites is 2. The molecule has 0 radical (unpaired) electrons. The van der Waals surface area contributed by atoms with E-state index in [1.165, 1.54) is 18.4 Å². The Bertz CT molecular complexity index is 1260. The molecule has 1 fully saturated rings. The summed E-state index contributed by atoms with van der Waals surface area (Å²) < 4.78 is 7.61. The lowest BCUT2D eigenvalue weighted by Crippen LogP contribution is -2.38. The van der Waals surface area contributed by atoms with Crippen molar-refractivity contribution in [3.05, 3.63) is 84.4 Å². The molecule has 174 valence electrons. The zero-order valence-corrected chi connectivity index (χ0v) is 19.6. The van der Waals surface area contributed by atoms with Crippen LogP contribution in [0.3, 0.4) is 0 Å². The van der Waals surface area contributed by atoms with Gasteiger partial charge in [-0.3, -0.25) is 4.79 Å². The molecule has 5 nitrogen and oxygen atoms in total. The first-order valence-corrected chi connectivity index (χ1v) is 12.2. The van der Waals surface area contributed by atoms with Crippen molar-refractivity contribution < 1.29 is 9.53 Å². The number of rotatable bonds is 8. The second-order valence-electron chi connectivity index (χ2n) is 9.06. The van der Waals surface area contributed by atoms with Crippen LogP contribution in [0.5, 0.6) is 5.75 Å². The van der Waals surface area contributed by atoms with E-state index in [0.29, 0.717) is 6.42 Å². The van der Waals surface area contributed by atoms with E-state index >= 15 is 0 Å². The van der Waals surface area contributed by atoms with Crippen LogP contribution in [0.15, 0.2) is 78.9 Å². The molecule has 3 aromatic carbocycles. The highest BCUT2D eigenvalue weighted by molar-refractivity contribution is 5.87. The first kappa shape index (κ1) is 22.2. The van der Waals surface area contributed by atoms with Gasteiger partial charge in [0.2, 0.25) is 5.91 Å². The standard InChI is InChI=1S/C29H31N3O2/c1-34-24-15-9-12-22(20-24)28-31-25-16-7-8-17-26(25)32(28)27(19-18-21-10-3-2-4-11-21)29(33)30-23-13-5-6-14-23/h2-4,7-12,15-17,20,23,27H,5-6,13-14,18-19H2,1H3,(H,30,33). The molecule has 1 amide bonds. The monoisotopic (exact) mass is 453 g/mol. The molecule has 34 heavy (non-hydrogen) atoms. The van der Waals surface area contributed by atoms with Crippen molar-refractivity contribution in [2.24, 2.45) is 0 Å². The Morgan fingerprint density at radius 2 is 1.79 bits per heavy atom. The Labute approximate surface area is 200 Å². The Hall–Kier alpha value is -3.60. The molecule has 1 aliphatic rings. The van der Waals surface area contributed by atoms with Crippen molar-refractivity contribution in [2.75, 3.05) is 7.11 Å². The second-order valence-corrected chi connectivity index (χ2v) is 9.06. The van der Waals surface area contributed by atoms with Crippen molar-refractivity contribution in [3.63, 3.8) is 0 Å². The molecule has 0 bridgehead atoms. The first-order chi connectivity index (χ1) is 16.7. The summed E-state index contributed by atoms with van der Waals surface area (Å²) in [6.07, 6.45) is 5.99. The number of hydrogen-bond donors (Lipinski definition) is 1. The van der Waals surface area contributed by atoms with E-state index in [2.05, 4.69) is 40.2 Å². The summed E-state index contributed by atoms with van der Waals surface area (Å²) in [6, 6.07) is 26.3. The Balaban J connectivity index is 1.59. The number of carbonyl (C=O) groups is 1. The lowest BCUT2D eigenvalue weighted by Gasteiger charge is -2.24. The Morgan fingerprint density at radius 3 is 2.59 bits per heavy atom. The fourth-order valence-corrected chi connectivity index (χ4v) is 5.02. The van der Waals surface area contributed by atoms with Crippen LogP contribution in [0.25, 0.3) is 22.4 Å². The number of nitrogens with one attached hydrogen (secondary N) is 1. The van der Waals surface area contributed by atoms with Gasteiger partial charge in [-0.25, -0.2) is 4.98 Å². The molecule has 1 unspecified atom stereocenters. The van der Waals surface area contributed by atoms with E-state index in [1.807, 2.05) is 48.5 Å². The maximum Gasteiger partial charge on any atom is 0.243 e. The first-order valence-electron chi connectivity index (χ1n) is 12.2. The van der Waals surface area contributed by atoms with Gasteiger partial charge in [0.15, 0.2) is 0 Å². The smallest absolute Gasteiger partial charge is 0.243 e. The maximum absolute atomic E-state index is 13.8. The van der Waals surface area contributed by atoms with Crippen LogP contribution in [0, 0.1) is 0 Å². The largest absolute Gasteiger partial charge is 0.497 e. The lowest BCUT2D eigenvalue weighted by molar-refractivity contribution is -0.125. The van der Waals surface area contributed by atoms with Crippen LogP contribution in [0.4, 0.5) is 0 Å². The molecule has 1 aliphatic carbocycles. The predicted molar refractivity (Wildman–Crippen MR) is 136 cm³/mol. The highest BCUT2D eigenvalue weighted by atomic mass is 16.5. The summed E-state index contributed by atoms with van der Waals surface area (Å²) in [7, 11) is 1.67. The zero-order chi connectivity index (χ0) is 23.3. The topological polar surface area (TPSA) is 56.2 Å². The summed E-state index contributed by atoms with van der Waals surface area (Å²) in [4.78, 5) is 18.8. The van der Waals surface area contributed by atoms with Crippen LogP contribution in [-0.4, -0.2) is 28.6 Å². The number of hydrogen-bond acceptors (Lipinski definition) is 3. The van der Waals surface area contributed by atoms with Gasteiger partial charge in [0.05, 0.1) is 18.1 Å². The maximum atomic E-state index is 13.8. The lowest BCUT2D eigenvalue weighted by atomic mass is 10.0. The quantitative estimate of drug-likeness (QED) is 0.359. The molecule has 1 saturated carbocycles. The Morgan fingerprint density at radius 1 is 1.03 bits per heavy atom. The number of aromatic nitrogens is 2. The van der Waals surface area contributed by atoms with E-state index in [1.54, 1.807) is 7.11 Å². The van der Waals surface area contributed by atoms with E-state index in [0.717, 1.165) is 47.4 Å². The van der Waals surface area contributed by atoms with Crippen molar-refractivity contribution in [1.29, 1.82) is 0 Å². The van der Waals surface area contributed by atoms with Crippen LogP contribution in [0.2, 0.25) is 0 Å². The van der Waals surface area contributed by atoms with Crippen LogP contribution in [0.1, 0.15) is 43.7 Å². The fourth-order valence-electron chi connectivity index (χ4n) is 5.02. The number of nitrogens with zero attached hydrogens (tertiary/aromatic N) is 2. The van der Waals surface area contributed by atoms with Crippen molar-refractivity contribution in [3.8, 4) is 17.1 Å². The third-order valence-electron chi connectivity index (χ3n) is 6.79. The van der Waals surface area contributed by atoms with Crippen molar-refractivity contribution in [1.82, 2.24) is 14.9 Å². The molecule has 0 aliphatic heterocycles. The van der Waals surface area contributed by atoms with Crippen LogP contribution in [-0.2, 0) is 11.2 Å². The van der Waals surface area contributed by atoms with Gasteiger partial charge in [0, 0.05) is 11.6 Å². The van der Waals surface area contributed by atoms with Gasteiger partial charge < -0.3 is 14.6 Å². The third-order valence-corrected chi connectivity index (χ3v) is 6.79. The molecule has 1 heterocycles. The normalized spacial score (nSPS) is 14.9. The van der Waals surface area contributed by atoms with Crippen LogP contribution >= 0.6 is 0 Å². The average molecular weight is 454 g/mol. The number of methoxy groups -OCH3 is 1. The SMILES string of the molecule is COc1cccc(-c2nc3ccccc3n2C(CCc2ccccc2)C(=O)NC2CCCC2)c1. The molecule has 1 N–H and O–H groups in total. The average Bonchev–Trinajstić information content (AvgIpc) is 3.53. The molecular weight excluding hydrogens is 422 g/mol. The van der Waals surface area contributed by atoms with Gasteiger partial charge in [-0.05, 0) is 55.5 Å². The molecular formula is C29H31N3O2. The van der Waals surface area contributed by atoms with E-state index in [-0.39, 0.29) is 18.0 Å². The van der Waals surface area contributed by atoms with Gasteiger partial charge in [0.1, 0.15) is 17.6 Å².